The molecule has 1 aliphatic rings. The molecule has 1 nitrogen and oxygen atoms in total. The summed E-state index contributed by atoms with van der Waals surface area (Å²) in [6.45, 7) is 0. The molecule has 112 valence electrons. The third kappa shape index (κ3) is 2.97. The van der Waals surface area contributed by atoms with Crippen LogP contribution in [0.5, 0.6) is 0 Å². The molecule has 0 aromatic heterocycles. The van der Waals surface area contributed by atoms with Gasteiger partial charge in [-0.2, -0.15) is 0 Å². The molecule has 0 atom stereocenters. The number of aliphatic imine (C=N–C) groups is 1. The molecule has 1 heterocycles. The van der Waals surface area contributed by atoms with Crippen molar-refractivity contribution in [1.82, 2.24) is 0 Å². The summed E-state index contributed by atoms with van der Waals surface area (Å²) in [4.78, 5) is 7.33. The van der Waals surface area contributed by atoms with E-state index in [2.05, 4.69) is 58.4 Å². The van der Waals surface area contributed by atoms with Crippen LogP contribution >= 0.6 is 39.3 Å². The normalized spacial score (nSPS) is 12.9. The van der Waals surface area contributed by atoms with Crippen LogP contribution < -0.4 is 0 Å². The van der Waals surface area contributed by atoms with Crippen molar-refractivity contribution in [3.05, 3.63) is 87.4 Å². The van der Waals surface area contributed by atoms with Gasteiger partial charge in [0, 0.05) is 30.4 Å². The van der Waals surface area contributed by atoms with Crippen LogP contribution in [-0.4, -0.2) is 5.71 Å². The minimum absolute atomic E-state index is 0.730. The zero-order valence-electron chi connectivity index (χ0n) is 12.0. The average molecular weight is 401 g/mol. The third-order valence-electron chi connectivity index (χ3n) is 3.63. The van der Waals surface area contributed by atoms with Crippen LogP contribution in [0.25, 0.3) is 0 Å². The van der Waals surface area contributed by atoms with E-state index in [1.807, 2.05) is 24.3 Å². The van der Waals surface area contributed by atoms with Crippen LogP contribution in [0.4, 0.5) is 5.69 Å². The molecule has 23 heavy (non-hydrogen) atoms. The van der Waals surface area contributed by atoms with Crippen molar-refractivity contribution in [2.75, 3.05) is 0 Å². The Morgan fingerprint density at radius 3 is 2.48 bits per heavy atom. The van der Waals surface area contributed by atoms with Crippen LogP contribution in [0.15, 0.2) is 86.0 Å². The van der Waals surface area contributed by atoms with Crippen LogP contribution in [0.3, 0.4) is 0 Å². The minimum atomic E-state index is 0.730. The van der Waals surface area contributed by atoms with Crippen LogP contribution in [0, 0.1) is 0 Å². The van der Waals surface area contributed by atoms with E-state index in [1.165, 1.54) is 4.90 Å². The number of halogens is 2. The second kappa shape index (κ2) is 6.16. The van der Waals surface area contributed by atoms with Gasteiger partial charge >= 0.3 is 0 Å². The first-order valence-electron chi connectivity index (χ1n) is 7.12. The van der Waals surface area contributed by atoms with Crippen molar-refractivity contribution in [2.24, 2.45) is 4.99 Å². The Labute approximate surface area is 152 Å². The van der Waals surface area contributed by atoms with Crippen molar-refractivity contribution in [1.29, 1.82) is 0 Å². The molecule has 0 saturated heterocycles. The Hall–Kier alpha value is -1.55. The maximum Gasteiger partial charge on any atom is 0.0793 e. The monoisotopic (exact) mass is 399 g/mol. The van der Waals surface area contributed by atoms with E-state index in [0.29, 0.717) is 0 Å². The first kappa shape index (κ1) is 15.0. The molecule has 0 radical (unpaired) electrons. The molecule has 1 aliphatic heterocycles. The van der Waals surface area contributed by atoms with E-state index in [1.54, 1.807) is 11.8 Å². The molecule has 0 aliphatic carbocycles. The Kier molecular flexibility index (Phi) is 4.02. The number of hydrogen-bond donors (Lipinski definition) is 0. The molecule has 0 unspecified atom stereocenters. The SMILES string of the molecule is Clc1ccc(C2=Nc3cc(Br)ccc3Sc3ccccc32)cc1. The number of benzene rings is 3. The highest BCUT2D eigenvalue weighted by Gasteiger charge is 2.18. The summed E-state index contributed by atoms with van der Waals surface area (Å²) >= 11 is 11.3. The van der Waals surface area contributed by atoms with Gasteiger partial charge in [0.15, 0.2) is 0 Å². The first-order chi connectivity index (χ1) is 11.2. The van der Waals surface area contributed by atoms with Gasteiger partial charge in [-0.3, -0.25) is 0 Å². The fourth-order valence-electron chi connectivity index (χ4n) is 2.54. The topological polar surface area (TPSA) is 12.4 Å². The predicted octanol–water partition coefficient (Wildman–Crippen LogP) is 6.74. The van der Waals surface area contributed by atoms with Gasteiger partial charge in [-0.25, -0.2) is 4.99 Å². The number of nitrogens with zero attached hydrogens (tertiary/aromatic N) is 1. The van der Waals surface area contributed by atoms with Gasteiger partial charge in [0.1, 0.15) is 0 Å². The van der Waals surface area contributed by atoms with Crippen LogP contribution in [0.2, 0.25) is 5.02 Å². The molecule has 3 aromatic rings. The Balaban J connectivity index is 1.98. The summed E-state index contributed by atoms with van der Waals surface area (Å²) in [5.74, 6) is 0. The lowest BCUT2D eigenvalue weighted by molar-refractivity contribution is 1.36. The van der Waals surface area contributed by atoms with E-state index >= 15 is 0 Å². The van der Waals surface area contributed by atoms with E-state index in [-0.39, 0.29) is 0 Å². The van der Waals surface area contributed by atoms with Crippen LogP contribution in [-0.2, 0) is 0 Å². The molecule has 3 aromatic carbocycles. The summed E-state index contributed by atoms with van der Waals surface area (Å²) in [5.41, 5.74) is 4.16. The lowest BCUT2D eigenvalue weighted by atomic mass is 10.0. The second-order valence-electron chi connectivity index (χ2n) is 5.18. The molecule has 0 bridgehead atoms. The standard InChI is InChI=1S/C19H11BrClNS/c20-13-7-10-18-16(11-13)22-19(12-5-8-14(21)9-6-12)15-3-1-2-4-17(15)23-18/h1-11H. The van der Waals surface area contributed by atoms with E-state index in [0.717, 1.165) is 36.9 Å². The molecular weight excluding hydrogens is 390 g/mol. The summed E-state index contributed by atoms with van der Waals surface area (Å²) in [7, 11) is 0. The van der Waals surface area contributed by atoms with Crippen molar-refractivity contribution in [2.45, 2.75) is 9.79 Å². The Bertz CT molecular complexity index is 919. The number of fused-ring (bicyclic) bond motifs is 2. The van der Waals surface area contributed by atoms with E-state index < -0.39 is 0 Å². The van der Waals surface area contributed by atoms with Gasteiger partial charge in [0.25, 0.3) is 0 Å². The molecule has 4 heteroatoms. The molecular formula is C19H11BrClNS. The van der Waals surface area contributed by atoms with Crippen molar-refractivity contribution in [3.8, 4) is 0 Å². The maximum absolute atomic E-state index is 6.03. The highest BCUT2D eigenvalue weighted by molar-refractivity contribution is 9.10. The quantitative estimate of drug-likeness (QED) is 0.345. The summed E-state index contributed by atoms with van der Waals surface area (Å²) in [6.07, 6.45) is 0. The Morgan fingerprint density at radius 2 is 1.65 bits per heavy atom. The summed E-state index contributed by atoms with van der Waals surface area (Å²) in [6, 6.07) is 22.4. The van der Waals surface area contributed by atoms with Gasteiger partial charge in [-0.1, -0.05) is 69.6 Å². The van der Waals surface area contributed by atoms with E-state index in [9.17, 15) is 0 Å². The molecule has 0 fully saturated rings. The fourth-order valence-corrected chi connectivity index (χ4v) is 4.02. The van der Waals surface area contributed by atoms with Gasteiger partial charge in [0.05, 0.1) is 11.4 Å². The zero-order chi connectivity index (χ0) is 15.8. The van der Waals surface area contributed by atoms with Crippen molar-refractivity contribution < 1.29 is 0 Å². The first-order valence-corrected chi connectivity index (χ1v) is 9.11. The molecule has 0 spiro atoms. The smallest absolute Gasteiger partial charge is 0.0793 e. The number of rotatable bonds is 1. The lowest BCUT2D eigenvalue weighted by Crippen LogP contribution is -2.03. The Morgan fingerprint density at radius 1 is 0.870 bits per heavy atom. The van der Waals surface area contributed by atoms with Crippen molar-refractivity contribution >= 4 is 50.7 Å². The largest absolute Gasteiger partial charge is 0.247 e. The second-order valence-corrected chi connectivity index (χ2v) is 7.61. The zero-order valence-corrected chi connectivity index (χ0v) is 15.1. The minimum Gasteiger partial charge on any atom is -0.247 e. The molecule has 0 N–H and O–H groups in total. The highest BCUT2D eigenvalue weighted by Crippen LogP contribution is 2.42. The average Bonchev–Trinajstić information content (AvgIpc) is 2.72. The lowest BCUT2D eigenvalue weighted by Gasteiger charge is -2.09. The maximum atomic E-state index is 6.03. The molecule has 0 saturated carbocycles. The summed E-state index contributed by atoms with van der Waals surface area (Å²) in [5, 5.41) is 0.730. The van der Waals surface area contributed by atoms with Crippen molar-refractivity contribution in [3.63, 3.8) is 0 Å². The third-order valence-corrected chi connectivity index (χ3v) is 5.52. The van der Waals surface area contributed by atoms with E-state index in [4.69, 9.17) is 16.6 Å². The summed E-state index contributed by atoms with van der Waals surface area (Å²) < 4.78 is 1.03. The van der Waals surface area contributed by atoms with Gasteiger partial charge < -0.3 is 0 Å². The fraction of sp³-hybridized carbons (Fsp3) is 0. The van der Waals surface area contributed by atoms with Gasteiger partial charge in [-0.05, 0) is 36.4 Å². The molecule has 0 amide bonds. The van der Waals surface area contributed by atoms with Gasteiger partial charge in [-0.15, -0.1) is 0 Å². The highest BCUT2D eigenvalue weighted by atomic mass is 79.9. The molecule has 4 rings (SSSR count). The van der Waals surface area contributed by atoms with Gasteiger partial charge in [0.2, 0.25) is 0 Å². The van der Waals surface area contributed by atoms with Crippen LogP contribution in [0.1, 0.15) is 11.1 Å². The predicted molar refractivity (Wildman–Crippen MR) is 101 cm³/mol. The number of hydrogen-bond acceptors (Lipinski definition) is 2.